The molecule has 6 nitrogen and oxygen atoms in total. The lowest BCUT2D eigenvalue weighted by Gasteiger charge is -2.13. The summed E-state index contributed by atoms with van der Waals surface area (Å²) in [5, 5.41) is 19.2. The average molecular weight is 477 g/mol. The van der Waals surface area contributed by atoms with Crippen LogP contribution in [0.15, 0.2) is 109 Å². The third-order valence-electron chi connectivity index (χ3n) is 5.73. The van der Waals surface area contributed by atoms with Crippen LogP contribution in [0.2, 0.25) is 0 Å². The Morgan fingerprint density at radius 3 is 1.17 bits per heavy atom. The van der Waals surface area contributed by atoms with Crippen LogP contribution in [0.3, 0.4) is 0 Å². The molecule has 0 saturated carbocycles. The SMILES string of the molecule is Nc1cc(Oc2ccc(-c3ccccc3-c3ccc(Oc4ccc(O)c(N)c4)cc3)cc2)ccc1O. The summed E-state index contributed by atoms with van der Waals surface area (Å²) in [4.78, 5) is 0. The predicted octanol–water partition coefficient (Wildman–Crippen LogP) is 7.18. The smallest absolute Gasteiger partial charge is 0.138 e. The zero-order chi connectivity index (χ0) is 25.1. The molecule has 0 spiro atoms. The zero-order valence-corrected chi connectivity index (χ0v) is 19.3. The van der Waals surface area contributed by atoms with Crippen molar-refractivity contribution in [3.63, 3.8) is 0 Å². The first-order valence-electron chi connectivity index (χ1n) is 11.3. The Labute approximate surface area is 208 Å². The van der Waals surface area contributed by atoms with Crippen molar-refractivity contribution in [2.24, 2.45) is 0 Å². The second-order valence-corrected chi connectivity index (χ2v) is 8.24. The lowest BCUT2D eigenvalue weighted by Crippen LogP contribution is -1.90. The molecule has 6 N–H and O–H groups in total. The number of phenols is 2. The van der Waals surface area contributed by atoms with Gasteiger partial charge in [-0.3, -0.25) is 0 Å². The van der Waals surface area contributed by atoms with Gasteiger partial charge >= 0.3 is 0 Å². The maximum absolute atomic E-state index is 9.59. The number of aromatic hydroxyl groups is 2. The number of hydrogen-bond acceptors (Lipinski definition) is 6. The zero-order valence-electron chi connectivity index (χ0n) is 19.3. The third-order valence-corrected chi connectivity index (χ3v) is 5.73. The molecule has 0 atom stereocenters. The fourth-order valence-corrected chi connectivity index (χ4v) is 3.86. The second-order valence-electron chi connectivity index (χ2n) is 8.24. The van der Waals surface area contributed by atoms with Crippen LogP contribution >= 0.6 is 0 Å². The molecule has 0 heterocycles. The van der Waals surface area contributed by atoms with Crippen LogP contribution in [0.4, 0.5) is 11.4 Å². The van der Waals surface area contributed by atoms with E-state index in [0.717, 1.165) is 22.3 Å². The van der Waals surface area contributed by atoms with Gasteiger partial charge in [0.1, 0.15) is 34.5 Å². The molecule has 178 valence electrons. The summed E-state index contributed by atoms with van der Waals surface area (Å²) in [6.45, 7) is 0. The fourth-order valence-electron chi connectivity index (χ4n) is 3.86. The summed E-state index contributed by atoms with van der Waals surface area (Å²) < 4.78 is 11.7. The van der Waals surface area contributed by atoms with Crippen LogP contribution in [0.1, 0.15) is 0 Å². The van der Waals surface area contributed by atoms with Crippen molar-refractivity contribution in [1.29, 1.82) is 0 Å². The Bertz CT molecular complexity index is 1400. The molecule has 0 aliphatic heterocycles. The van der Waals surface area contributed by atoms with Gasteiger partial charge in [-0.1, -0.05) is 48.5 Å². The van der Waals surface area contributed by atoms with Crippen LogP contribution in [0.5, 0.6) is 34.5 Å². The topological polar surface area (TPSA) is 111 Å². The number of ether oxygens (including phenoxy) is 2. The molecule has 0 radical (unpaired) electrons. The Balaban J connectivity index is 1.36. The van der Waals surface area contributed by atoms with E-state index in [-0.39, 0.29) is 22.9 Å². The van der Waals surface area contributed by atoms with Crippen molar-refractivity contribution in [1.82, 2.24) is 0 Å². The molecule has 0 saturated heterocycles. The Kier molecular flexibility index (Phi) is 6.07. The molecule has 5 aromatic rings. The molecule has 0 bridgehead atoms. The van der Waals surface area contributed by atoms with Crippen molar-refractivity contribution in [2.75, 3.05) is 11.5 Å². The maximum atomic E-state index is 9.59. The standard InChI is InChI=1S/C30H24N2O4/c31-27-17-23(13-15-29(27)33)35-21-9-5-19(6-10-21)25-3-1-2-4-26(25)20-7-11-22(12-8-20)36-24-14-16-30(34)28(32)18-24/h1-18,33-34H,31-32H2. The van der Waals surface area contributed by atoms with Gasteiger partial charge in [0.15, 0.2) is 0 Å². The molecule has 0 fully saturated rings. The fraction of sp³-hybridized carbons (Fsp3) is 0. The highest BCUT2D eigenvalue weighted by Crippen LogP contribution is 2.36. The molecule has 0 aromatic heterocycles. The minimum Gasteiger partial charge on any atom is -0.506 e. The summed E-state index contributed by atoms with van der Waals surface area (Å²) in [5.41, 5.74) is 16.3. The van der Waals surface area contributed by atoms with Crippen molar-refractivity contribution in [2.45, 2.75) is 0 Å². The minimum atomic E-state index is 0.0268. The molecule has 0 aliphatic rings. The first-order chi connectivity index (χ1) is 17.5. The number of rotatable bonds is 6. The lowest BCUT2D eigenvalue weighted by atomic mass is 9.94. The van der Waals surface area contributed by atoms with Crippen molar-refractivity contribution in [3.8, 4) is 56.8 Å². The van der Waals surface area contributed by atoms with E-state index in [4.69, 9.17) is 20.9 Å². The van der Waals surface area contributed by atoms with Crippen LogP contribution < -0.4 is 20.9 Å². The molecular formula is C30H24N2O4. The predicted molar refractivity (Wildman–Crippen MR) is 143 cm³/mol. The number of hydrogen-bond donors (Lipinski definition) is 4. The van der Waals surface area contributed by atoms with E-state index in [2.05, 4.69) is 12.1 Å². The minimum absolute atomic E-state index is 0.0268. The highest BCUT2D eigenvalue weighted by Gasteiger charge is 2.09. The van der Waals surface area contributed by atoms with Crippen LogP contribution in [0, 0.1) is 0 Å². The van der Waals surface area contributed by atoms with E-state index >= 15 is 0 Å². The Morgan fingerprint density at radius 2 is 0.806 bits per heavy atom. The molecule has 0 unspecified atom stereocenters. The molecule has 5 rings (SSSR count). The van der Waals surface area contributed by atoms with Crippen LogP contribution in [-0.2, 0) is 0 Å². The number of nitrogen functional groups attached to an aromatic ring is 2. The van der Waals surface area contributed by atoms with E-state index in [9.17, 15) is 10.2 Å². The van der Waals surface area contributed by atoms with E-state index in [1.165, 1.54) is 12.1 Å². The monoisotopic (exact) mass is 476 g/mol. The van der Waals surface area contributed by atoms with Crippen molar-refractivity contribution < 1.29 is 19.7 Å². The average Bonchev–Trinajstić information content (AvgIpc) is 2.89. The summed E-state index contributed by atoms with van der Waals surface area (Å²) in [6.07, 6.45) is 0. The third kappa shape index (κ3) is 4.88. The Morgan fingerprint density at radius 1 is 0.444 bits per heavy atom. The largest absolute Gasteiger partial charge is 0.506 e. The molecule has 6 heteroatoms. The Hall–Kier alpha value is -5.10. The van der Waals surface area contributed by atoms with Gasteiger partial charge in [-0.2, -0.15) is 0 Å². The number of anilines is 2. The maximum Gasteiger partial charge on any atom is 0.138 e. The summed E-state index contributed by atoms with van der Waals surface area (Å²) in [5.74, 6) is 2.49. The first-order valence-corrected chi connectivity index (χ1v) is 11.3. The van der Waals surface area contributed by atoms with Crippen LogP contribution in [-0.4, -0.2) is 10.2 Å². The first kappa shape index (κ1) is 22.7. The van der Waals surface area contributed by atoms with E-state index in [1.807, 2.05) is 60.7 Å². The normalized spacial score (nSPS) is 10.7. The van der Waals surface area contributed by atoms with Crippen molar-refractivity contribution >= 4 is 11.4 Å². The van der Waals surface area contributed by atoms with Gasteiger partial charge in [0.05, 0.1) is 11.4 Å². The van der Waals surface area contributed by atoms with Gasteiger partial charge in [-0.25, -0.2) is 0 Å². The molecule has 5 aromatic carbocycles. The number of nitrogens with two attached hydrogens (primary N) is 2. The van der Waals surface area contributed by atoms with E-state index in [1.54, 1.807) is 24.3 Å². The van der Waals surface area contributed by atoms with Gasteiger partial charge in [-0.15, -0.1) is 0 Å². The molecule has 0 amide bonds. The van der Waals surface area contributed by atoms with Gasteiger partial charge in [-0.05, 0) is 70.8 Å². The van der Waals surface area contributed by atoms with E-state index in [0.29, 0.717) is 23.0 Å². The van der Waals surface area contributed by atoms with Crippen molar-refractivity contribution in [3.05, 3.63) is 109 Å². The lowest BCUT2D eigenvalue weighted by molar-refractivity contribution is 0.467. The second kappa shape index (κ2) is 9.64. The summed E-state index contributed by atoms with van der Waals surface area (Å²) >= 11 is 0. The molecule has 36 heavy (non-hydrogen) atoms. The number of benzene rings is 5. The quantitative estimate of drug-likeness (QED) is 0.153. The summed E-state index contributed by atoms with van der Waals surface area (Å²) in [7, 11) is 0. The van der Waals surface area contributed by atoms with Gasteiger partial charge in [0, 0.05) is 12.1 Å². The van der Waals surface area contributed by atoms with Gasteiger partial charge < -0.3 is 31.2 Å². The van der Waals surface area contributed by atoms with Crippen LogP contribution in [0.25, 0.3) is 22.3 Å². The van der Waals surface area contributed by atoms with E-state index < -0.39 is 0 Å². The van der Waals surface area contributed by atoms with Gasteiger partial charge in [0.25, 0.3) is 0 Å². The highest BCUT2D eigenvalue weighted by molar-refractivity contribution is 5.83. The number of phenolic OH excluding ortho intramolecular Hbond substituents is 2. The highest BCUT2D eigenvalue weighted by atomic mass is 16.5. The molecular weight excluding hydrogens is 452 g/mol. The summed E-state index contributed by atoms with van der Waals surface area (Å²) in [6, 6.07) is 33.3. The van der Waals surface area contributed by atoms with Gasteiger partial charge in [0.2, 0.25) is 0 Å². The molecule has 0 aliphatic carbocycles.